The van der Waals surface area contributed by atoms with Crippen molar-refractivity contribution in [2.24, 2.45) is 0 Å². The van der Waals surface area contributed by atoms with Crippen LogP contribution in [0.25, 0.3) is 11.3 Å². The van der Waals surface area contributed by atoms with E-state index < -0.39 is 0 Å². The first kappa shape index (κ1) is 16.0. The molecule has 0 radical (unpaired) electrons. The number of hydrogen-bond donors (Lipinski definition) is 3. The van der Waals surface area contributed by atoms with Gasteiger partial charge in [0.2, 0.25) is 5.88 Å². The second-order valence-corrected chi connectivity index (χ2v) is 5.71. The maximum absolute atomic E-state index is 10.3. The molecule has 0 amide bonds. The molecule has 0 aliphatic heterocycles. The molecule has 1 aromatic carbocycles. The normalized spacial score (nSPS) is 11.0. The van der Waals surface area contributed by atoms with Crippen LogP contribution in [0.15, 0.2) is 43.0 Å². The third kappa shape index (κ3) is 2.95. The topological polar surface area (TPSA) is 83.4 Å². The van der Waals surface area contributed by atoms with Gasteiger partial charge in [-0.15, -0.1) is 0 Å². The van der Waals surface area contributed by atoms with Gasteiger partial charge in [-0.05, 0) is 25.0 Å². The van der Waals surface area contributed by atoms with E-state index in [9.17, 15) is 15.3 Å². The van der Waals surface area contributed by atoms with Crippen LogP contribution in [0.5, 0.6) is 17.4 Å². The molecule has 0 bridgehead atoms. The van der Waals surface area contributed by atoms with E-state index in [0.29, 0.717) is 18.5 Å². The summed E-state index contributed by atoms with van der Waals surface area (Å²) in [7, 11) is 0. The summed E-state index contributed by atoms with van der Waals surface area (Å²) < 4.78 is 3.68. The molecule has 6 nitrogen and oxygen atoms in total. The highest BCUT2D eigenvalue weighted by Gasteiger charge is 2.22. The minimum atomic E-state index is -0.129. The van der Waals surface area contributed by atoms with Crippen molar-refractivity contribution in [2.45, 2.75) is 32.9 Å². The summed E-state index contributed by atoms with van der Waals surface area (Å²) in [6.07, 6.45) is 6.72. The van der Waals surface area contributed by atoms with Crippen LogP contribution >= 0.6 is 0 Å². The Hall–Kier alpha value is -2.89. The Labute approximate surface area is 140 Å². The molecule has 126 valence electrons. The summed E-state index contributed by atoms with van der Waals surface area (Å²) in [5.41, 5.74) is 2.19. The molecular weight excluding hydrogens is 306 g/mol. The van der Waals surface area contributed by atoms with Crippen molar-refractivity contribution in [1.29, 1.82) is 0 Å². The van der Waals surface area contributed by atoms with Crippen molar-refractivity contribution < 1.29 is 15.3 Å². The molecule has 3 aromatic rings. The summed E-state index contributed by atoms with van der Waals surface area (Å²) in [5.74, 6) is -0.0611. The van der Waals surface area contributed by atoms with Gasteiger partial charge >= 0.3 is 0 Å². The smallest absolute Gasteiger partial charge is 0.235 e. The van der Waals surface area contributed by atoms with Crippen LogP contribution in [0.1, 0.15) is 18.9 Å². The van der Waals surface area contributed by atoms with Gasteiger partial charge in [0, 0.05) is 36.6 Å². The Bertz CT molecular complexity index is 822. The molecule has 6 heteroatoms. The van der Waals surface area contributed by atoms with Gasteiger partial charge < -0.3 is 24.5 Å². The van der Waals surface area contributed by atoms with Crippen molar-refractivity contribution in [2.75, 3.05) is 0 Å². The Kier molecular flexibility index (Phi) is 4.46. The lowest BCUT2D eigenvalue weighted by atomic mass is 10.1. The first-order valence-electron chi connectivity index (χ1n) is 8.00. The van der Waals surface area contributed by atoms with E-state index in [1.165, 1.54) is 0 Å². The Morgan fingerprint density at radius 2 is 1.96 bits per heavy atom. The van der Waals surface area contributed by atoms with Crippen LogP contribution in [0, 0.1) is 0 Å². The van der Waals surface area contributed by atoms with Crippen LogP contribution in [0.4, 0.5) is 0 Å². The Morgan fingerprint density at radius 3 is 2.62 bits per heavy atom. The monoisotopic (exact) mass is 327 g/mol. The minimum absolute atomic E-state index is 0.0847. The van der Waals surface area contributed by atoms with E-state index in [4.69, 9.17) is 0 Å². The van der Waals surface area contributed by atoms with Gasteiger partial charge in [0.25, 0.3) is 0 Å². The SMILES string of the molecule is CCc1c(O)c(O)n(CCCn2ccnc2)c1-c1cccc(O)c1. The van der Waals surface area contributed by atoms with Crippen molar-refractivity contribution >= 4 is 0 Å². The number of aryl methyl sites for hydroxylation is 1. The van der Waals surface area contributed by atoms with E-state index in [2.05, 4.69) is 4.98 Å². The number of hydrogen-bond acceptors (Lipinski definition) is 4. The van der Waals surface area contributed by atoms with Gasteiger partial charge in [0.1, 0.15) is 5.75 Å². The lowest BCUT2D eigenvalue weighted by molar-refractivity contribution is 0.367. The lowest BCUT2D eigenvalue weighted by Crippen LogP contribution is -2.04. The zero-order valence-corrected chi connectivity index (χ0v) is 13.6. The molecule has 3 N–H and O–H groups in total. The van der Waals surface area contributed by atoms with E-state index in [0.717, 1.165) is 24.2 Å². The Balaban J connectivity index is 1.95. The number of aromatic nitrogens is 3. The third-order valence-corrected chi connectivity index (χ3v) is 4.14. The number of benzene rings is 1. The van der Waals surface area contributed by atoms with Crippen LogP contribution in [0.2, 0.25) is 0 Å². The van der Waals surface area contributed by atoms with Crippen LogP contribution in [0.3, 0.4) is 0 Å². The number of phenolic OH excluding ortho intramolecular Hbond substituents is 1. The molecule has 0 unspecified atom stereocenters. The summed E-state index contributed by atoms with van der Waals surface area (Å²) in [4.78, 5) is 4.01. The van der Waals surface area contributed by atoms with Crippen LogP contribution in [-0.2, 0) is 19.5 Å². The van der Waals surface area contributed by atoms with Gasteiger partial charge in [0.05, 0.1) is 12.0 Å². The fourth-order valence-electron chi connectivity index (χ4n) is 3.01. The summed E-state index contributed by atoms with van der Waals surface area (Å²) in [6, 6.07) is 6.85. The fraction of sp³-hybridized carbons (Fsp3) is 0.278. The molecule has 0 fully saturated rings. The molecule has 0 atom stereocenters. The molecule has 0 saturated carbocycles. The minimum Gasteiger partial charge on any atom is -0.508 e. The molecule has 0 saturated heterocycles. The molecule has 24 heavy (non-hydrogen) atoms. The number of phenols is 1. The molecule has 2 heterocycles. The number of nitrogens with zero attached hydrogens (tertiary/aromatic N) is 3. The molecular formula is C18H21N3O3. The first-order chi connectivity index (χ1) is 11.6. The average Bonchev–Trinajstić information content (AvgIpc) is 3.16. The van der Waals surface area contributed by atoms with Gasteiger partial charge in [-0.2, -0.15) is 0 Å². The van der Waals surface area contributed by atoms with Gasteiger partial charge in [-0.3, -0.25) is 0 Å². The predicted molar refractivity (Wildman–Crippen MR) is 91.1 cm³/mol. The lowest BCUT2D eigenvalue weighted by Gasteiger charge is -2.12. The maximum Gasteiger partial charge on any atom is 0.235 e. The van der Waals surface area contributed by atoms with E-state index in [1.54, 1.807) is 35.3 Å². The standard InChI is InChI=1S/C18H21N3O3/c1-2-15-16(13-5-3-6-14(22)11-13)21(18(24)17(15)23)9-4-8-20-10-7-19-12-20/h3,5-7,10-12,22-24H,2,4,8-9H2,1H3. The number of aromatic hydroxyl groups is 3. The van der Waals surface area contributed by atoms with Crippen LogP contribution < -0.4 is 0 Å². The summed E-state index contributed by atoms with van der Waals surface area (Å²) in [6.45, 7) is 3.23. The third-order valence-electron chi connectivity index (χ3n) is 4.14. The highest BCUT2D eigenvalue weighted by molar-refractivity contribution is 5.71. The quantitative estimate of drug-likeness (QED) is 0.649. The fourth-order valence-corrected chi connectivity index (χ4v) is 3.01. The van der Waals surface area contributed by atoms with E-state index >= 15 is 0 Å². The van der Waals surface area contributed by atoms with E-state index in [-0.39, 0.29) is 17.4 Å². The highest BCUT2D eigenvalue weighted by Crippen LogP contribution is 2.41. The molecule has 3 rings (SSSR count). The van der Waals surface area contributed by atoms with Crippen molar-refractivity contribution in [1.82, 2.24) is 14.1 Å². The van der Waals surface area contributed by atoms with Gasteiger partial charge in [-0.25, -0.2) is 4.98 Å². The maximum atomic E-state index is 10.3. The zero-order valence-electron chi connectivity index (χ0n) is 13.6. The zero-order chi connectivity index (χ0) is 17.1. The summed E-state index contributed by atoms with van der Waals surface area (Å²) >= 11 is 0. The van der Waals surface area contributed by atoms with Gasteiger partial charge in [-0.1, -0.05) is 19.1 Å². The first-order valence-corrected chi connectivity index (χ1v) is 8.00. The van der Waals surface area contributed by atoms with Crippen molar-refractivity contribution in [3.63, 3.8) is 0 Å². The van der Waals surface area contributed by atoms with E-state index in [1.807, 2.05) is 23.8 Å². The van der Waals surface area contributed by atoms with Crippen LogP contribution in [-0.4, -0.2) is 29.4 Å². The Morgan fingerprint density at radius 1 is 1.12 bits per heavy atom. The molecule has 0 aliphatic carbocycles. The second-order valence-electron chi connectivity index (χ2n) is 5.71. The summed E-state index contributed by atoms with van der Waals surface area (Å²) in [5, 5.41) is 30.4. The van der Waals surface area contributed by atoms with Crippen molar-refractivity contribution in [3.8, 4) is 28.6 Å². The molecule has 2 aromatic heterocycles. The van der Waals surface area contributed by atoms with Crippen molar-refractivity contribution in [3.05, 3.63) is 48.5 Å². The largest absolute Gasteiger partial charge is 0.508 e. The number of imidazole rings is 1. The second kappa shape index (κ2) is 6.70. The predicted octanol–water partition coefficient (Wildman–Crippen LogP) is 3.12. The molecule has 0 aliphatic rings. The average molecular weight is 327 g/mol. The highest BCUT2D eigenvalue weighted by atomic mass is 16.3. The molecule has 0 spiro atoms. The number of rotatable bonds is 6. The van der Waals surface area contributed by atoms with Gasteiger partial charge in [0.15, 0.2) is 5.75 Å².